The lowest BCUT2D eigenvalue weighted by Gasteiger charge is -2.06. The Hall–Kier alpha value is -1.35. The van der Waals surface area contributed by atoms with Gasteiger partial charge >= 0.3 is 0 Å². The van der Waals surface area contributed by atoms with Crippen molar-refractivity contribution in [3.63, 3.8) is 0 Å². The van der Waals surface area contributed by atoms with Crippen LogP contribution in [0, 0.1) is 6.92 Å². The van der Waals surface area contributed by atoms with Crippen molar-refractivity contribution in [1.29, 1.82) is 0 Å². The second-order valence-corrected chi connectivity index (χ2v) is 5.52. The van der Waals surface area contributed by atoms with E-state index in [0.717, 1.165) is 17.2 Å². The van der Waals surface area contributed by atoms with Crippen LogP contribution >= 0.6 is 11.3 Å². The van der Waals surface area contributed by atoms with E-state index < -0.39 is 0 Å². The summed E-state index contributed by atoms with van der Waals surface area (Å²) in [5, 5.41) is 6.70. The summed E-state index contributed by atoms with van der Waals surface area (Å²) in [6.07, 6.45) is 3.80. The van der Waals surface area contributed by atoms with Gasteiger partial charge in [-0.25, -0.2) is 4.98 Å². The SMILES string of the molecule is Cc1csc(CNc2ccc3c(c2)CCC3)n1. The van der Waals surface area contributed by atoms with Gasteiger partial charge in [-0.3, -0.25) is 0 Å². The average Bonchev–Trinajstić information content (AvgIpc) is 2.94. The molecule has 0 spiro atoms. The highest BCUT2D eigenvalue weighted by Gasteiger charge is 2.10. The highest BCUT2D eigenvalue weighted by Crippen LogP contribution is 2.25. The van der Waals surface area contributed by atoms with Crippen LogP contribution < -0.4 is 5.32 Å². The van der Waals surface area contributed by atoms with E-state index in [1.54, 1.807) is 11.3 Å². The smallest absolute Gasteiger partial charge is 0.112 e. The Bertz CT molecular complexity index is 531. The maximum absolute atomic E-state index is 4.45. The van der Waals surface area contributed by atoms with Gasteiger partial charge < -0.3 is 5.32 Å². The molecule has 17 heavy (non-hydrogen) atoms. The third-order valence-corrected chi connectivity index (χ3v) is 4.18. The van der Waals surface area contributed by atoms with Gasteiger partial charge in [-0.05, 0) is 49.4 Å². The summed E-state index contributed by atoms with van der Waals surface area (Å²) in [5.41, 5.74) is 5.38. The Balaban J connectivity index is 1.69. The standard InChI is InChI=1S/C14H16N2S/c1-10-9-17-14(16-10)8-15-13-6-5-11-3-2-4-12(11)7-13/h5-7,9,15H,2-4,8H2,1H3. The van der Waals surface area contributed by atoms with Gasteiger partial charge in [0.2, 0.25) is 0 Å². The van der Waals surface area contributed by atoms with Crippen LogP contribution in [0.4, 0.5) is 5.69 Å². The third kappa shape index (κ3) is 2.34. The van der Waals surface area contributed by atoms with Crippen LogP contribution in [-0.2, 0) is 19.4 Å². The van der Waals surface area contributed by atoms with Crippen molar-refractivity contribution < 1.29 is 0 Å². The molecule has 0 aliphatic heterocycles. The largest absolute Gasteiger partial charge is 0.379 e. The molecule has 0 unspecified atom stereocenters. The van der Waals surface area contributed by atoms with Gasteiger partial charge in [0.15, 0.2) is 0 Å². The Morgan fingerprint density at radius 2 is 2.18 bits per heavy atom. The highest BCUT2D eigenvalue weighted by molar-refractivity contribution is 7.09. The fourth-order valence-electron chi connectivity index (χ4n) is 2.34. The molecule has 1 N–H and O–H groups in total. The minimum atomic E-state index is 0.831. The van der Waals surface area contributed by atoms with Crippen LogP contribution in [0.15, 0.2) is 23.6 Å². The van der Waals surface area contributed by atoms with E-state index in [1.807, 2.05) is 6.92 Å². The molecule has 1 aliphatic carbocycles. The molecule has 1 aromatic heterocycles. The number of thiazole rings is 1. The summed E-state index contributed by atoms with van der Waals surface area (Å²) in [7, 11) is 0. The highest BCUT2D eigenvalue weighted by atomic mass is 32.1. The number of rotatable bonds is 3. The molecule has 2 aromatic rings. The Labute approximate surface area is 106 Å². The van der Waals surface area contributed by atoms with Gasteiger partial charge in [0.25, 0.3) is 0 Å². The topological polar surface area (TPSA) is 24.9 Å². The summed E-state index contributed by atoms with van der Waals surface area (Å²) in [4.78, 5) is 4.45. The molecule has 0 saturated heterocycles. The molecule has 0 fully saturated rings. The first-order chi connectivity index (χ1) is 8.31. The lowest BCUT2D eigenvalue weighted by atomic mass is 10.1. The number of nitrogens with one attached hydrogen (secondary N) is 1. The summed E-state index contributed by atoms with van der Waals surface area (Å²) in [6, 6.07) is 6.74. The molecule has 1 aromatic carbocycles. The number of hydrogen-bond acceptors (Lipinski definition) is 3. The molecule has 0 radical (unpaired) electrons. The van der Waals surface area contributed by atoms with Gasteiger partial charge in [-0.2, -0.15) is 0 Å². The molecule has 1 heterocycles. The zero-order chi connectivity index (χ0) is 11.7. The van der Waals surface area contributed by atoms with Crippen molar-refractivity contribution in [1.82, 2.24) is 4.98 Å². The van der Waals surface area contributed by atoms with Crippen LogP contribution in [0.3, 0.4) is 0 Å². The van der Waals surface area contributed by atoms with E-state index in [-0.39, 0.29) is 0 Å². The van der Waals surface area contributed by atoms with Crippen molar-refractivity contribution in [2.45, 2.75) is 32.7 Å². The van der Waals surface area contributed by atoms with Crippen molar-refractivity contribution in [2.75, 3.05) is 5.32 Å². The van der Waals surface area contributed by atoms with E-state index in [0.29, 0.717) is 0 Å². The van der Waals surface area contributed by atoms with Crippen molar-refractivity contribution >= 4 is 17.0 Å². The zero-order valence-corrected chi connectivity index (χ0v) is 10.8. The van der Waals surface area contributed by atoms with E-state index in [4.69, 9.17) is 0 Å². The molecular weight excluding hydrogens is 228 g/mol. The number of fused-ring (bicyclic) bond motifs is 1. The van der Waals surface area contributed by atoms with Crippen molar-refractivity contribution in [2.24, 2.45) is 0 Å². The first-order valence-corrected chi connectivity index (χ1v) is 6.96. The van der Waals surface area contributed by atoms with E-state index in [9.17, 15) is 0 Å². The van der Waals surface area contributed by atoms with Crippen molar-refractivity contribution in [3.05, 3.63) is 45.4 Å². The second kappa shape index (κ2) is 4.49. The van der Waals surface area contributed by atoms with Crippen molar-refractivity contribution in [3.8, 4) is 0 Å². The van der Waals surface area contributed by atoms with Crippen LogP contribution in [-0.4, -0.2) is 4.98 Å². The Morgan fingerprint density at radius 1 is 1.29 bits per heavy atom. The number of aryl methyl sites for hydroxylation is 3. The second-order valence-electron chi connectivity index (χ2n) is 4.57. The first-order valence-electron chi connectivity index (χ1n) is 6.08. The van der Waals surface area contributed by atoms with Gasteiger partial charge in [-0.15, -0.1) is 11.3 Å². The van der Waals surface area contributed by atoms with Crippen LogP contribution in [0.5, 0.6) is 0 Å². The molecule has 2 nitrogen and oxygen atoms in total. The molecule has 88 valence electrons. The fourth-order valence-corrected chi connectivity index (χ4v) is 3.05. The molecule has 3 heteroatoms. The van der Waals surface area contributed by atoms with Gasteiger partial charge in [0.1, 0.15) is 5.01 Å². The summed E-state index contributed by atoms with van der Waals surface area (Å²) < 4.78 is 0. The Morgan fingerprint density at radius 3 is 3.00 bits per heavy atom. The van der Waals surface area contributed by atoms with E-state index >= 15 is 0 Å². The lowest BCUT2D eigenvalue weighted by Crippen LogP contribution is -1.99. The minimum Gasteiger partial charge on any atom is -0.379 e. The van der Waals surface area contributed by atoms with Gasteiger partial charge in [0, 0.05) is 16.8 Å². The number of hydrogen-bond donors (Lipinski definition) is 1. The molecule has 3 rings (SSSR count). The molecule has 1 aliphatic rings. The third-order valence-electron chi connectivity index (χ3n) is 3.21. The average molecular weight is 244 g/mol. The molecule has 0 amide bonds. The number of nitrogens with zero attached hydrogens (tertiary/aromatic N) is 1. The predicted octanol–water partition coefficient (Wildman–Crippen LogP) is 3.55. The lowest BCUT2D eigenvalue weighted by molar-refractivity contribution is 0.912. The summed E-state index contributed by atoms with van der Waals surface area (Å²) >= 11 is 1.72. The number of benzene rings is 1. The van der Waals surface area contributed by atoms with Crippen LogP contribution in [0.1, 0.15) is 28.2 Å². The van der Waals surface area contributed by atoms with Crippen LogP contribution in [0.2, 0.25) is 0 Å². The monoisotopic (exact) mass is 244 g/mol. The molecule has 0 saturated carbocycles. The normalized spacial score (nSPS) is 13.7. The number of aromatic nitrogens is 1. The molecule has 0 atom stereocenters. The molecule has 0 bridgehead atoms. The zero-order valence-electron chi connectivity index (χ0n) is 9.99. The maximum Gasteiger partial charge on any atom is 0.112 e. The maximum atomic E-state index is 4.45. The van der Waals surface area contributed by atoms with Crippen LogP contribution in [0.25, 0.3) is 0 Å². The van der Waals surface area contributed by atoms with E-state index in [1.165, 1.54) is 36.1 Å². The van der Waals surface area contributed by atoms with Gasteiger partial charge in [-0.1, -0.05) is 6.07 Å². The Kier molecular flexibility index (Phi) is 2.85. The van der Waals surface area contributed by atoms with E-state index in [2.05, 4.69) is 33.9 Å². The quantitative estimate of drug-likeness (QED) is 0.893. The summed E-state index contributed by atoms with van der Waals surface area (Å²) in [5.74, 6) is 0. The number of anilines is 1. The minimum absolute atomic E-state index is 0.831. The fraction of sp³-hybridized carbons (Fsp3) is 0.357. The summed E-state index contributed by atoms with van der Waals surface area (Å²) in [6.45, 7) is 2.87. The first kappa shape index (κ1) is 10.8. The molecular formula is C14H16N2S. The van der Waals surface area contributed by atoms with Gasteiger partial charge in [0.05, 0.1) is 6.54 Å². The predicted molar refractivity (Wildman–Crippen MR) is 72.6 cm³/mol.